The molecule has 0 bridgehead atoms. The molecule has 0 atom stereocenters. The van der Waals surface area contributed by atoms with E-state index in [9.17, 15) is 0 Å². The number of hydrogen-bond acceptors (Lipinski definition) is 3. The standard InChI is InChI=1S/C13H13BrClN3O/c1-2-19-17-8-13-12(14)7-16-18(13)9-10-3-5-11(15)6-4-10/h3-8H,2,9H2,1H3/b17-8+. The summed E-state index contributed by atoms with van der Waals surface area (Å²) in [5.41, 5.74) is 1.98. The number of oxime groups is 1. The molecule has 0 fully saturated rings. The van der Waals surface area contributed by atoms with Gasteiger partial charge in [-0.1, -0.05) is 28.9 Å². The minimum Gasteiger partial charge on any atom is -0.396 e. The maximum absolute atomic E-state index is 5.87. The van der Waals surface area contributed by atoms with E-state index in [1.165, 1.54) is 0 Å². The molecule has 0 aliphatic rings. The molecular weight excluding hydrogens is 330 g/mol. The predicted octanol–water partition coefficient (Wildman–Crippen LogP) is 3.72. The van der Waals surface area contributed by atoms with Gasteiger partial charge in [-0.15, -0.1) is 0 Å². The number of aromatic nitrogens is 2. The van der Waals surface area contributed by atoms with Crippen molar-refractivity contribution in [2.75, 3.05) is 6.61 Å². The summed E-state index contributed by atoms with van der Waals surface area (Å²) in [6, 6.07) is 7.68. The minimum absolute atomic E-state index is 0.541. The van der Waals surface area contributed by atoms with Crippen molar-refractivity contribution in [1.29, 1.82) is 0 Å². The van der Waals surface area contributed by atoms with Gasteiger partial charge in [-0.05, 0) is 40.5 Å². The number of hydrogen-bond donors (Lipinski definition) is 0. The van der Waals surface area contributed by atoms with Crippen LogP contribution < -0.4 is 0 Å². The second-order valence-electron chi connectivity index (χ2n) is 3.81. The van der Waals surface area contributed by atoms with Crippen molar-refractivity contribution in [2.45, 2.75) is 13.5 Å². The Kier molecular flexibility index (Phi) is 4.99. The summed E-state index contributed by atoms with van der Waals surface area (Å²) < 4.78 is 2.72. The monoisotopic (exact) mass is 341 g/mol. The van der Waals surface area contributed by atoms with Crippen molar-refractivity contribution in [1.82, 2.24) is 9.78 Å². The first-order chi connectivity index (χ1) is 9.20. The molecule has 0 aliphatic heterocycles. The number of halogens is 2. The molecule has 0 spiro atoms. The summed E-state index contributed by atoms with van der Waals surface area (Å²) in [6.45, 7) is 3.08. The van der Waals surface area contributed by atoms with Crippen molar-refractivity contribution in [3.63, 3.8) is 0 Å². The van der Waals surface area contributed by atoms with E-state index in [1.54, 1.807) is 12.4 Å². The van der Waals surface area contributed by atoms with Crippen LogP contribution in [0.25, 0.3) is 0 Å². The molecule has 19 heavy (non-hydrogen) atoms. The molecule has 4 nitrogen and oxygen atoms in total. The van der Waals surface area contributed by atoms with Crippen LogP contribution in [0, 0.1) is 0 Å². The van der Waals surface area contributed by atoms with E-state index >= 15 is 0 Å². The van der Waals surface area contributed by atoms with Gasteiger partial charge in [-0.25, -0.2) is 0 Å². The van der Waals surface area contributed by atoms with Crippen LogP contribution in [-0.2, 0) is 11.4 Å². The van der Waals surface area contributed by atoms with Crippen molar-refractivity contribution in [3.05, 3.63) is 51.2 Å². The van der Waals surface area contributed by atoms with E-state index in [-0.39, 0.29) is 0 Å². The average Bonchev–Trinajstić information content (AvgIpc) is 2.74. The van der Waals surface area contributed by atoms with Crippen LogP contribution in [0.3, 0.4) is 0 Å². The van der Waals surface area contributed by atoms with E-state index < -0.39 is 0 Å². The fraction of sp³-hybridized carbons (Fsp3) is 0.231. The van der Waals surface area contributed by atoms with Gasteiger partial charge in [-0.2, -0.15) is 5.10 Å². The van der Waals surface area contributed by atoms with Gasteiger partial charge in [-0.3, -0.25) is 4.68 Å². The molecule has 1 aromatic heterocycles. The third kappa shape index (κ3) is 3.81. The number of benzene rings is 1. The zero-order valence-electron chi connectivity index (χ0n) is 10.4. The summed E-state index contributed by atoms with van der Waals surface area (Å²) in [5.74, 6) is 0. The molecule has 2 aromatic rings. The summed E-state index contributed by atoms with van der Waals surface area (Å²) >= 11 is 9.31. The molecule has 1 aromatic carbocycles. The smallest absolute Gasteiger partial charge is 0.114 e. The fourth-order valence-corrected chi connectivity index (χ4v) is 2.08. The Balaban J connectivity index is 2.18. The Labute approximate surface area is 125 Å². The van der Waals surface area contributed by atoms with Crippen molar-refractivity contribution in [2.24, 2.45) is 5.16 Å². The Morgan fingerprint density at radius 2 is 2.16 bits per heavy atom. The third-order valence-electron chi connectivity index (χ3n) is 2.46. The highest BCUT2D eigenvalue weighted by molar-refractivity contribution is 9.10. The quantitative estimate of drug-likeness (QED) is 0.614. The van der Waals surface area contributed by atoms with Gasteiger partial charge in [0.15, 0.2) is 0 Å². The van der Waals surface area contributed by atoms with Gasteiger partial charge >= 0.3 is 0 Å². The van der Waals surface area contributed by atoms with E-state index in [1.807, 2.05) is 35.9 Å². The SMILES string of the molecule is CCO/N=C/c1c(Br)cnn1Cc1ccc(Cl)cc1. The molecule has 0 saturated carbocycles. The van der Waals surface area contributed by atoms with Crippen LogP contribution in [0.5, 0.6) is 0 Å². The highest BCUT2D eigenvalue weighted by atomic mass is 79.9. The molecular formula is C13H13BrClN3O. The van der Waals surface area contributed by atoms with Gasteiger partial charge < -0.3 is 4.84 Å². The first-order valence-corrected chi connectivity index (χ1v) is 6.99. The topological polar surface area (TPSA) is 39.4 Å². The van der Waals surface area contributed by atoms with Crippen LogP contribution >= 0.6 is 27.5 Å². The summed E-state index contributed by atoms with van der Waals surface area (Å²) in [4.78, 5) is 4.97. The average molecular weight is 343 g/mol. The van der Waals surface area contributed by atoms with Crippen LogP contribution in [-0.4, -0.2) is 22.6 Å². The summed E-state index contributed by atoms with van der Waals surface area (Å²) in [7, 11) is 0. The second kappa shape index (κ2) is 6.73. The molecule has 1 heterocycles. The Morgan fingerprint density at radius 1 is 1.42 bits per heavy atom. The summed E-state index contributed by atoms with van der Waals surface area (Å²) in [5, 5.41) is 8.90. The second-order valence-corrected chi connectivity index (χ2v) is 5.10. The zero-order chi connectivity index (χ0) is 13.7. The molecule has 6 heteroatoms. The maximum Gasteiger partial charge on any atom is 0.114 e. The minimum atomic E-state index is 0.541. The first-order valence-electron chi connectivity index (χ1n) is 5.81. The Hall–Kier alpha value is -1.33. The lowest BCUT2D eigenvalue weighted by Gasteiger charge is -2.05. The highest BCUT2D eigenvalue weighted by Crippen LogP contribution is 2.16. The van der Waals surface area contributed by atoms with Crippen molar-refractivity contribution >= 4 is 33.7 Å². The first kappa shape index (κ1) is 14.1. The number of rotatable bonds is 5. The molecule has 0 radical (unpaired) electrons. The Morgan fingerprint density at radius 3 is 2.84 bits per heavy atom. The van der Waals surface area contributed by atoms with Gasteiger partial charge in [0.05, 0.1) is 29.1 Å². The van der Waals surface area contributed by atoms with Gasteiger partial charge in [0.1, 0.15) is 6.61 Å². The molecule has 0 saturated heterocycles. The molecule has 100 valence electrons. The molecule has 2 rings (SSSR count). The predicted molar refractivity (Wildman–Crippen MR) is 79.7 cm³/mol. The van der Waals surface area contributed by atoms with E-state index in [4.69, 9.17) is 16.4 Å². The maximum atomic E-state index is 5.87. The summed E-state index contributed by atoms with van der Waals surface area (Å²) in [6.07, 6.45) is 3.39. The molecule has 0 unspecified atom stereocenters. The Bertz CT molecular complexity index is 566. The molecule has 0 aliphatic carbocycles. The third-order valence-corrected chi connectivity index (χ3v) is 3.32. The zero-order valence-corrected chi connectivity index (χ0v) is 12.7. The van der Waals surface area contributed by atoms with Crippen LogP contribution in [0.15, 0.2) is 40.1 Å². The van der Waals surface area contributed by atoms with Gasteiger partial charge in [0, 0.05) is 5.02 Å². The normalized spacial score (nSPS) is 11.1. The lowest BCUT2D eigenvalue weighted by atomic mass is 10.2. The largest absolute Gasteiger partial charge is 0.396 e. The molecule has 0 N–H and O–H groups in total. The highest BCUT2D eigenvalue weighted by Gasteiger charge is 2.07. The van der Waals surface area contributed by atoms with E-state index in [0.29, 0.717) is 13.2 Å². The van der Waals surface area contributed by atoms with Crippen LogP contribution in [0.4, 0.5) is 0 Å². The van der Waals surface area contributed by atoms with Crippen molar-refractivity contribution < 1.29 is 4.84 Å². The van der Waals surface area contributed by atoms with Crippen LogP contribution in [0.1, 0.15) is 18.2 Å². The van der Waals surface area contributed by atoms with Gasteiger partial charge in [0.25, 0.3) is 0 Å². The molecule has 0 amide bonds. The van der Waals surface area contributed by atoms with Crippen LogP contribution in [0.2, 0.25) is 5.02 Å². The fourth-order valence-electron chi connectivity index (χ4n) is 1.55. The lowest BCUT2D eigenvalue weighted by molar-refractivity contribution is 0.160. The van der Waals surface area contributed by atoms with Crippen molar-refractivity contribution in [3.8, 4) is 0 Å². The van der Waals surface area contributed by atoms with E-state index in [0.717, 1.165) is 20.8 Å². The lowest BCUT2D eigenvalue weighted by Crippen LogP contribution is -2.06. The number of nitrogens with zero attached hydrogens (tertiary/aromatic N) is 3. The van der Waals surface area contributed by atoms with Gasteiger partial charge in [0.2, 0.25) is 0 Å². The van der Waals surface area contributed by atoms with E-state index in [2.05, 4.69) is 26.2 Å².